The number of aromatic amines is 1. The first-order chi connectivity index (χ1) is 4.34. The van der Waals surface area contributed by atoms with Gasteiger partial charge in [-0.05, 0) is 0 Å². The minimum Gasteiger partial charge on any atom is -0.261 e. The van der Waals surface area contributed by atoms with Gasteiger partial charge in [0, 0.05) is 0 Å². The maximum absolute atomic E-state index is 8.70. The van der Waals surface area contributed by atoms with Crippen molar-refractivity contribution in [3.8, 4) is 0 Å². The van der Waals surface area contributed by atoms with Crippen molar-refractivity contribution >= 4 is 5.95 Å². The van der Waals surface area contributed by atoms with Gasteiger partial charge < -0.3 is 0 Å². The Balaban J connectivity index is 2.65. The van der Waals surface area contributed by atoms with E-state index in [4.69, 9.17) is 5.21 Å². The van der Waals surface area contributed by atoms with Crippen LogP contribution >= 0.6 is 0 Å². The van der Waals surface area contributed by atoms with Crippen LogP contribution in [0.4, 0.5) is 5.95 Å². The van der Waals surface area contributed by atoms with Crippen LogP contribution in [0.2, 0.25) is 0 Å². The molecule has 1 heterocycles. The van der Waals surface area contributed by atoms with E-state index in [1.807, 2.05) is 0 Å². The minimum absolute atomic E-state index is 0.150. The molecule has 0 unspecified atom stereocenters. The summed E-state index contributed by atoms with van der Waals surface area (Å²) in [4.78, 5) is 7.92. The van der Waals surface area contributed by atoms with Crippen LogP contribution in [0.1, 0.15) is 0 Å². The highest BCUT2D eigenvalue weighted by Crippen LogP contribution is 1.98. The summed E-state index contributed by atoms with van der Waals surface area (Å²) >= 11 is 0. The topological polar surface area (TPSA) is 74.3 Å². The van der Waals surface area contributed by atoms with Crippen molar-refractivity contribution in [1.29, 1.82) is 0 Å². The molecule has 0 saturated heterocycles. The van der Waals surface area contributed by atoms with Gasteiger partial charge in [0.05, 0.1) is 7.11 Å². The molecular formula is C3H6N4O2. The molecule has 0 radical (unpaired) electrons. The van der Waals surface area contributed by atoms with Crippen molar-refractivity contribution in [2.75, 3.05) is 12.3 Å². The first kappa shape index (κ1) is 5.99. The fraction of sp³-hybridized carbons (Fsp3) is 0.333. The standard InChI is InChI=1S/C3H6N4O2/c1-9-7(8)3-4-2-5-6-3/h2,8H,1H3,(H,4,5,6). The molecule has 50 valence electrons. The lowest BCUT2D eigenvalue weighted by molar-refractivity contribution is -0.0150. The van der Waals surface area contributed by atoms with Crippen LogP contribution in [-0.4, -0.2) is 27.5 Å². The number of H-pyrrole nitrogens is 1. The van der Waals surface area contributed by atoms with Crippen molar-refractivity contribution < 1.29 is 10.0 Å². The first-order valence-corrected chi connectivity index (χ1v) is 2.23. The van der Waals surface area contributed by atoms with Crippen LogP contribution in [0.25, 0.3) is 0 Å². The second-order valence-corrected chi connectivity index (χ2v) is 1.26. The molecule has 0 aromatic carbocycles. The normalized spacial score (nSPS) is 9.56. The van der Waals surface area contributed by atoms with Crippen molar-refractivity contribution in [2.45, 2.75) is 0 Å². The SMILES string of the molecule is CON(O)c1ncn[nH]1. The Hall–Kier alpha value is -1.14. The van der Waals surface area contributed by atoms with Crippen molar-refractivity contribution in [3.63, 3.8) is 0 Å². The monoisotopic (exact) mass is 130 g/mol. The van der Waals surface area contributed by atoms with E-state index in [2.05, 4.69) is 20.0 Å². The molecule has 9 heavy (non-hydrogen) atoms. The molecule has 0 fully saturated rings. The lowest BCUT2D eigenvalue weighted by atomic mass is 11.1. The van der Waals surface area contributed by atoms with E-state index in [9.17, 15) is 0 Å². The van der Waals surface area contributed by atoms with Gasteiger partial charge in [-0.3, -0.25) is 5.21 Å². The number of hydrogen-bond acceptors (Lipinski definition) is 5. The second kappa shape index (κ2) is 2.42. The van der Waals surface area contributed by atoms with Gasteiger partial charge in [0.2, 0.25) is 0 Å². The van der Waals surface area contributed by atoms with Crippen molar-refractivity contribution in [3.05, 3.63) is 6.33 Å². The molecule has 0 aliphatic heterocycles. The van der Waals surface area contributed by atoms with Crippen molar-refractivity contribution in [1.82, 2.24) is 15.2 Å². The number of nitrogens with one attached hydrogen (secondary N) is 1. The van der Waals surface area contributed by atoms with Gasteiger partial charge >= 0.3 is 0 Å². The zero-order chi connectivity index (χ0) is 6.69. The summed E-state index contributed by atoms with van der Waals surface area (Å²) < 4.78 is 0. The third-order valence-electron chi connectivity index (χ3n) is 0.756. The van der Waals surface area contributed by atoms with Gasteiger partial charge in [-0.2, -0.15) is 10.1 Å². The predicted molar refractivity (Wildman–Crippen MR) is 27.7 cm³/mol. The molecule has 1 aromatic heterocycles. The van der Waals surface area contributed by atoms with E-state index in [0.717, 1.165) is 0 Å². The van der Waals surface area contributed by atoms with E-state index in [1.165, 1.54) is 13.4 Å². The number of aromatic nitrogens is 3. The molecule has 0 amide bonds. The van der Waals surface area contributed by atoms with E-state index < -0.39 is 0 Å². The van der Waals surface area contributed by atoms with Crippen LogP contribution < -0.4 is 5.23 Å². The Morgan fingerprint density at radius 2 is 2.67 bits per heavy atom. The van der Waals surface area contributed by atoms with Crippen LogP contribution in [0, 0.1) is 0 Å². The highest BCUT2D eigenvalue weighted by Gasteiger charge is 2.01. The molecule has 1 aromatic rings. The molecule has 0 atom stereocenters. The number of anilines is 1. The van der Waals surface area contributed by atoms with E-state index in [-0.39, 0.29) is 5.95 Å². The summed E-state index contributed by atoms with van der Waals surface area (Å²) in [6.07, 6.45) is 1.26. The quantitative estimate of drug-likeness (QED) is 0.531. The van der Waals surface area contributed by atoms with Gasteiger partial charge in [-0.15, -0.1) is 0 Å². The third-order valence-corrected chi connectivity index (χ3v) is 0.756. The molecule has 0 saturated carbocycles. The average Bonchev–Trinajstić information content (AvgIpc) is 2.37. The molecule has 0 aliphatic rings. The average molecular weight is 130 g/mol. The zero-order valence-electron chi connectivity index (χ0n) is 4.77. The highest BCUT2D eigenvalue weighted by molar-refractivity contribution is 5.15. The third kappa shape index (κ3) is 1.15. The van der Waals surface area contributed by atoms with Crippen molar-refractivity contribution in [2.24, 2.45) is 0 Å². The number of hydrogen-bond donors (Lipinski definition) is 2. The molecular weight excluding hydrogens is 124 g/mol. The second-order valence-electron chi connectivity index (χ2n) is 1.26. The Kier molecular flexibility index (Phi) is 1.61. The maximum Gasteiger partial charge on any atom is 0.273 e. The summed E-state index contributed by atoms with van der Waals surface area (Å²) in [5.74, 6) is 0.150. The van der Waals surface area contributed by atoms with Crippen LogP contribution in [0.15, 0.2) is 6.33 Å². The fourth-order valence-electron chi connectivity index (χ4n) is 0.378. The van der Waals surface area contributed by atoms with Gasteiger partial charge in [0.1, 0.15) is 6.33 Å². The number of nitrogens with zero attached hydrogens (tertiary/aromatic N) is 3. The molecule has 1 rings (SSSR count). The first-order valence-electron chi connectivity index (χ1n) is 2.23. The smallest absolute Gasteiger partial charge is 0.261 e. The van der Waals surface area contributed by atoms with E-state index in [1.54, 1.807) is 0 Å². The summed E-state index contributed by atoms with van der Waals surface area (Å²) in [7, 11) is 1.31. The van der Waals surface area contributed by atoms with Crippen LogP contribution in [0.3, 0.4) is 0 Å². The minimum atomic E-state index is 0.150. The predicted octanol–water partition coefficient (Wildman–Crippen LogP) is -0.438. The summed E-state index contributed by atoms with van der Waals surface area (Å²) in [6.45, 7) is 0. The van der Waals surface area contributed by atoms with Gasteiger partial charge in [-0.25, -0.2) is 9.94 Å². The molecule has 6 heteroatoms. The highest BCUT2D eigenvalue weighted by atomic mass is 16.9. The lowest BCUT2D eigenvalue weighted by Gasteiger charge is -2.06. The van der Waals surface area contributed by atoms with Crippen LogP contribution in [-0.2, 0) is 4.84 Å². The van der Waals surface area contributed by atoms with Crippen LogP contribution in [0.5, 0.6) is 0 Å². The van der Waals surface area contributed by atoms with Gasteiger partial charge in [0.15, 0.2) is 0 Å². The lowest BCUT2D eigenvalue weighted by Crippen LogP contribution is -2.16. The summed E-state index contributed by atoms with van der Waals surface area (Å²) in [5, 5.41) is 15.0. The Morgan fingerprint density at radius 3 is 3.11 bits per heavy atom. The van der Waals surface area contributed by atoms with Gasteiger partial charge in [-0.1, -0.05) is 5.23 Å². The molecule has 0 aliphatic carbocycles. The molecule has 0 bridgehead atoms. The molecule has 0 spiro atoms. The molecule has 2 N–H and O–H groups in total. The van der Waals surface area contributed by atoms with E-state index >= 15 is 0 Å². The summed E-state index contributed by atoms with van der Waals surface area (Å²) in [5.41, 5.74) is 0. The largest absolute Gasteiger partial charge is 0.273 e. The Morgan fingerprint density at radius 1 is 1.89 bits per heavy atom. The zero-order valence-corrected chi connectivity index (χ0v) is 4.77. The molecule has 6 nitrogen and oxygen atoms in total. The van der Waals surface area contributed by atoms with E-state index in [0.29, 0.717) is 5.23 Å². The number of rotatable bonds is 2. The Bertz CT molecular complexity index is 162. The maximum atomic E-state index is 8.70. The van der Waals surface area contributed by atoms with Gasteiger partial charge in [0.25, 0.3) is 5.95 Å². The fourth-order valence-corrected chi connectivity index (χ4v) is 0.378. The summed E-state index contributed by atoms with van der Waals surface area (Å²) in [6, 6.07) is 0. The Labute approximate surface area is 51.0 Å².